The van der Waals surface area contributed by atoms with Crippen molar-refractivity contribution in [1.29, 1.82) is 0 Å². The number of hydrogen-bond acceptors (Lipinski definition) is 5. The van der Waals surface area contributed by atoms with Gasteiger partial charge in [-0.1, -0.05) is 13.8 Å². The van der Waals surface area contributed by atoms with Gasteiger partial charge < -0.3 is 5.32 Å². The summed E-state index contributed by atoms with van der Waals surface area (Å²) in [5.41, 5.74) is -0.242. The molecule has 1 heterocycles. The van der Waals surface area contributed by atoms with Crippen LogP contribution in [0.15, 0.2) is 18.2 Å². The molecule has 1 aromatic rings. The molecular weight excluding hydrogens is 290 g/mol. The number of carbonyl (C=O) groups is 3. The maximum atomic E-state index is 12.2. The van der Waals surface area contributed by atoms with Crippen molar-refractivity contribution < 1.29 is 19.3 Å². The fourth-order valence-electron chi connectivity index (χ4n) is 2.05. The first-order valence-electron chi connectivity index (χ1n) is 6.72. The number of nitrogens with zero attached hydrogens (tertiary/aromatic N) is 2. The second-order valence-electron chi connectivity index (χ2n) is 5.38. The lowest BCUT2D eigenvalue weighted by Crippen LogP contribution is -2.41. The fourth-order valence-corrected chi connectivity index (χ4v) is 2.05. The molecule has 8 heteroatoms. The molecule has 0 aliphatic carbocycles. The molecular formula is C14H15N3O5. The predicted molar refractivity (Wildman–Crippen MR) is 76.3 cm³/mol. The summed E-state index contributed by atoms with van der Waals surface area (Å²) in [5.74, 6) is -1.51. The van der Waals surface area contributed by atoms with Crippen LogP contribution in [0.2, 0.25) is 0 Å². The average Bonchev–Trinajstić information content (AvgIpc) is 2.70. The van der Waals surface area contributed by atoms with Gasteiger partial charge in [0, 0.05) is 18.7 Å². The van der Waals surface area contributed by atoms with Crippen LogP contribution in [0.25, 0.3) is 0 Å². The average molecular weight is 305 g/mol. The molecule has 22 heavy (non-hydrogen) atoms. The van der Waals surface area contributed by atoms with Crippen molar-refractivity contribution in [2.24, 2.45) is 5.92 Å². The van der Waals surface area contributed by atoms with Crippen LogP contribution in [0, 0.1) is 16.0 Å². The Labute approximate surface area is 126 Å². The molecule has 3 amide bonds. The van der Waals surface area contributed by atoms with Crippen molar-refractivity contribution in [2.75, 3.05) is 13.1 Å². The van der Waals surface area contributed by atoms with E-state index in [0.717, 1.165) is 17.0 Å². The summed E-state index contributed by atoms with van der Waals surface area (Å²) in [5, 5.41) is 13.3. The van der Waals surface area contributed by atoms with Crippen molar-refractivity contribution in [3.63, 3.8) is 0 Å². The van der Waals surface area contributed by atoms with Gasteiger partial charge >= 0.3 is 0 Å². The van der Waals surface area contributed by atoms with Crippen LogP contribution in [-0.4, -0.2) is 40.6 Å². The Balaban J connectivity index is 2.17. The highest BCUT2D eigenvalue weighted by molar-refractivity contribution is 6.22. The Kier molecular flexibility index (Phi) is 4.20. The molecule has 1 aliphatic rings. The summed E-state index contributed by atoms with van der Waals surface area (Å²) in [7, 11) is 0. The van der Waals surface area contributed by atoms with Crippen molar-refractivity contribution in [1.82, 2.24) is 10.2 Å². The van der Waals surface area contributed by atoms with E-state index in [1.165, 1.54) is 6.07 Å². The summed E-state index contributed by atoms with van der Waals surface area (Å²) >= 11 is 0. The van der Waals surface area contributed by atoms with Crippen molar-refractivity contribution in [3.8, 4) is 0 Å². The zero-order valence-electron chi connectivity index (χ0n) is 12.2. The van der Waals surface area contributed by atoms with Gasteiger partial charge in [-0.3, -0.25) is 29.4 Å². The summed E-state index contributed by atoms with van der Waals surface area (Å²) < 4.78 is 0. The molecule has 0 unspecified atom stereocenters. The molecule has 1 aromatic carbocycles. The number of fused-ring (bicyclic) bond motifs is 1. The Bertz CT molecular complexity index is 668. The van der Waals surface area contributed by atoms with Crippen LogP contribution in [0.4, 0.5) is 5.69 Å². The van der Waals surface area contributed by atoms with E-state index in [1.54, 1.807) is 0 Å². The summed E-state index contributed by atoms with van der Waals surface area (Å²) in [6.07, 6.45) is 0. The highest BCUT2D eigenvalue weighted by Gasteiger charge is 2.37. The minimum atomic E-state index is -0.691. The number of benzene rings is 1. The van der Waals surface area contributed by atoms with Crippen LogP contribution in [0.3, 0.4) is 0 Å². The molecule has 116 valence electrons. The van der Waals surface area contributed by atoms with Gasteiger partial charge in [-0.2, -0.15) is 0 Å². The minimum absolute atomic E-state index is 0.0455. The molecule has 1 aliphatic heterocycles. The number of carbonyl (C=O) groups excluding carboxylic acids is 3. The first kappa shape index (κ1) is 15.6. The van der Waals surface area contributed by atoms with E-state index in [1.807, 2.05) is 13.8 Å². The largest absolute Gasteiger partial charge is 0.354 e. The monoisotopic (exact) mass is 305 g/mol. The summed E-state index contributed by atoms with van der Waals surface area (Å²) in [6.45, 7) is 3.88. The van der Waals surface area contributed by atoms with Crippen LogP contribution in [0.1, 0.15) is 34.6 Å². The van der Waals surface area contributed by atoms with E-state index in [2.05, 4.69) is 5.32 Å². The van der Waals surface area contributed by atoms with Crippen LogP contribution < -0.4 is 5.32 Å². The third-order valence-corrected chi connectivity index (χ3v) is 3.17. The highest BCUT2D eigenvalue weighted by atomic mass is 16.6. The molecule has 0 fully saturated rings. The summed E-state index contributed by atoms with van der Waals surface area (Å²) in [6, 6.07) is 3.45. The van der Waals surface area contributed by atoms with E-state index in [-0.39, 0.29) is 22.7 Å². The number of nitrogens with one attached hydrogen (secondary N) is 1. The smallest absolute Gasteiger partial charge is 0.270 e. The van der Waals surface area contributed by atoms with Gasteiger partial charge in [0.25, 0.3) is 17.5 Å². The van der Waals surface area contributed by atoms with E-state index in [0.29, 0.717) is 6.54 Å². The van der Waals surface area contributed by atoms with Crippen molar-refractivity contribution in [3.05, 3.63) is 39.4 Å². The fraction of sp³-hybridized carbons (Fsp3) is 0.357. The highest BCUT2D eigenvalue weighted by Crippen LogP contribution is 2.26. The SMILES string of the molecule is CC(C)CNC(=O)CN1C(=O)c2ccc([N+](=O)[O-])cc2C1=O. The number of rotatable bonds is 5. The quantitative estimate of drug-likeness (QED) is 0.495. The lowest BCUT2D eigenvalue weighted by molar-refractivity contribution is -0.384. The lowest BCUT2D eigenvalue weighted by Gasteiger charge is -2.14. The molecule has 2 rings (SSSR count). The summed E-state index contributed by atoms with van der Waals surface area (Å²) in [4.78, 5) is 46.9. The number of non-ortho nitro benzene ring substituents is 1. The Morgan fingerprint density at radius 2 is 1.91 bits per heavy atom. The van der Waals surface area contributed by atoms with E-state index < -0.39 is 29.2 Å². The molecule has 0 atom stereocenters. The predicted octanol–water partition coefficient (Wildman–Crippen LogP) is 0.963. The maximum Gasteiger partial charge on any atom is 0.270 e. The molecule has 0 radical (unpaired) electrons. The second-order valence-corrected chi connectivity index (χ2v) is 5.38. The van der Waals surface area contributed by atoms with Gasteiger partial charge in [-0.15, -0.1) is 0 Å². The molecule has 0 saturated heterocycles. The zero-order valence-corrected chi connectivity index (χ0v) is 12.2. The molecule has 0 saturated carbocycles. The van der Waals surface area contributed by atoms with Gasteiger partial charge in [0.05, 0.1) is 16.1 Å². The second kappa shape index (κ2) is 5.92. The maximum absolute atomic E-state index is 12.2. The molecule has 1 N–H and O–H groups in total. The Morgan fingerprint density at radius 1 is 1.27 bits per heavy atom. The zero-order chi connectivity index (χ0) is 16.4. The minimum Gasteiger partial charge on any atom is -0.354 e. The van der Waals surface area contributed by atoms with Crippen molar-refractivity contribution >= 4 is 23.4 Å². The topological polar surface area (TPSA) is 110 Å². The van der Waals surface area contributed by atoms with Gasteiger partial charge in [0.2, 0.25) is 5.91 Å². The third-order valence-electron chi connectivity index (χ3n) is 3.17. The Hall–Kier alpha value is -2.77. The standard InChI is InChI=1S/C14H15N3O5/c1-8(2)6-15-12(18)7-16-13(19)10-4-3-9(17(21)22)5-11(10)14(16)20/h3-5,8H,6-7H2,1-2H3,(H,15,18). The lowest BCUT2D eigenvalue weighted by atomic mass is 10.1. The van der Waals surface area contributed by atoms with Gasteiger partial charge in [0.15, 0.2) is 0 Å². The van der Waals surface area contributed by atoms with Gasteiger partial charge in [0.1, 0.15) is 6.54 Å². The number of nitro groups is 1. The molecule has 0 aromatic heterocycles. The first-order valence-corrected chi connectivity index (χ1v) is 6.72. The van der Waals surface area contributed by atoms with E-state index in [9.17, 15) is 24.5 Å². The number of amides is 3. The van der Waals surface area contributed by atoms with Crippen molar-refractivity contribution in [2.45, 2.75) is 13.8 Å². The normalized spacial score (nSPS) is 13.5. The van der Waals surface area contributed by atoms with Crippen LogP contribution in [-0.2, 0) is 4.79 Å². The number of imide groups is 1. The van der Waals surface area contributed by atoms with Gasteiger partial charge in [-0.25, -0.2) is 0 Å². The number of hydrogen-bond donors (Lipinski definition) is 1. The van der Waals surface area contributed by atoms with Crippen LogP contribution >= 0.6 is 0 Å². The van der Waals surface area contributed by atoms with E-state index >= 15 is 0 Å². The number of nitro benzene ring substituents is 1. The molecule has 8 nitrogen and oxygen atoms in total. The molecule has 0 bridgehead atoms. The Morgan fingerprint density at radius 3 is 2.50 bits per heavy atom. The van der Waals surface area contributed by atoms with E-state index in [4.69, 9.17) is 0 Å². The molecule has 0 spiro atoms. The van der Waals surface area contributed by atoms with Crippen LogP contribution in [0.5, 0.6) is 0 Å². The third kappa shape index (κ3) is 2.95. The first-order chi connectivity index (χ1) is 10.3. The van der Waals surface area contributed by atoms with Gasteiger partial charge in [-0.05, 0) is 12.0 Å².